The number of carbonyl (C=O) groups is 2. The van der Waals surface area contributed by atoms with Crippen LogP contribution >= 0.6 is 0 Å². The zero-order chi connectivity index (χ0) is 18.0. The van der Waals surface area contributed by atoms with Gasteiger partial charge in [-0.15, -0.1) is 0 Å². The Bertz CT molecular complexity index is 459. The van der Waals surface area contributed by atoms with E-state index in [9.17, 15) is 18.4 Å². The third kappa shape index (κ3) is 5.60. The van der Waals surface area contributed by atoms with E-state index in [2.05, 4.69) is 0 Å². The topological polar surface area (TPSA) is 49.9 Å². The van der Waals surface area contributed by atoms with E-state index in [1.807, 2.05) is 20.8 Å². The first-order chi connectivity index (χ1) is 11.1. The van der Waals surface area contributed by atoms with Gasteiger partial charge in [0.05, 0.1) is 0 Å². The molecule has 2 aliphatic heterocycles. The maximum atomic E-state index is 13.1. The number of piperidine rings is 2. The van der Waals surface area contributed by atoms with E-state index in [1.54, 1.807) is 9.80 Å². The number of nitrogens with zero attached hydrogens (tertiary/aromatic N) is 2. The van der Waals surface area contributed by atoms with Gasteiger partial charge in [0.15, 0.2) is 0 Å². The van der Waals surface area contributed by atoms with Gasteiger partial charge in [0.25, 0.3) is 5.92 Å². The number of likely N-dealkylation sites (tertiary alicyclic amines) is 2. The quantitative estimate of drug-likeness (QED) is 0.771. The largest absolute Gasteiger partial charge is 0.444 e. The van der Waals surface area contributed by atoms with E-state index < -0.39 is 11.5 Å². The minimum atomic E-state index is -2.63. The fourth-order valence-electron chi connectivity index (χ4n) is 3.11. The molecule has 7 heteroatoms. The van der Waals surface area contributed by atoms with Gasteiger partial charge in [-0.05, 0) is 39.5 Å². The highest BCUT2D eigenvalue weighted by Crippen LogP contribution is 2.29. The summed E-state index contributed by atoms with van der Waals surface area (Å²) in [6.07, 6.45) is 1.08. The fraction of sp³-hybridized carbons (Fsp3) is 0.882. The third-order valence-electron chi connectivity index (χ3n) is 4.58. The summed E-state index contributed by atoms with van der Waals surface area (Å²) in [6.45, 7) is 6.93. The SMILES string of the molecule is CC(C)(C)OC(=O)N1CCC(CC(=O)N2CCC(F)(F)CC2)CC1. The van der Waals surface area contributed by atoms with E-state index in [-0.39, 0.29) is 43.8 Å². The molecule has 0 saturated carbocycles. The molecule has 24 heavy (non-hydrogen) atoms. The summed E-state index contributed by atoms with van der Waals surface area (Å²) >= 11 is 0. The zero-order valence-electron chi connectivity index (χ0n) is 14.8. The van der Waals surface area contributed by atoms with Gasteiger partial charge in [-0.1, -0.05) is 0 Å². The van der Waals surface area contributed by atoms with E-state index in [0.29, 0.717) is 19.5 Å². The van der Waals surface area contributed by atoms with Crippen molar-refractivity contribution in [2.75, 3.05) is 26.2 Å². The average molecular weight is 346 g/mol. The molecule has 0 aromatic rings. The summed E-state index contributed by atoms with van der Waals surface area (Å²) in [6, 6.07) is 0. The molecule has 2 rings (SSSR count). The van der Waals surface area contributed by atoms with Crippen LogP contribution in [0.4, 0.5) is 13.6 Å². The van der Waals surface area contributed by atoms with Crippen LogP contribution in [0, 0.1) is 5.92 Å². The summed E-state index contributed by atoms with van der Waals surface area (Å²) < 4.78 is 31.6. The van der Waals surface area contributed by atoms with Crippen molar-refractivity contribution in [2.45, 2.75) is 64.4 Å². The molecule has 5 nitrogen and oxygen atoms in total. The minimum absolute atomic E-state index is 0.0405. The van der Waals surface area contributed by atoms with Crippen LogP contribution in [0.25, 0.3) is 0 Å². The van der Waals surface area contributed by atoms with Crippen molar-refractivity contribution < 1.29 is 23.1 Å². The monoisotopic (exact) mass is 346 g/mol. The molecule has 2 aliphatic rings. The van der Waals surface area contributed by atoms with Crippen LogP contribution < -0.4 is 0 Å². The van der Waals surface area contributed by atoms with E-state index >= 15 is 0 Å². The highest BCUT2D eigenvalue weighted by Gasteiger charge is 2.36. The number of amides is 2. The van der Waals surface area contributed by atoms with Crippen LogP contribution in [-0.2, 0) is 9.53 Å². The molecule has 0 aromatic heterocycles. The molecule has 138 valence electrons. The maximum absolute atomic E-state index is 13.1. The van der Waals surface area contributed by atoms with Crippen molar-refractivity contribution in [3.8, 4) is 0 Å². The molecule has 2 fully saturated rings. The second-order valence-corrected chi connectivity index (χ2v) is 7.85. The molecule has 2 saturated heterocycles. The number of carbonyl (C=O) groups excluding carboxylic acids is 2. The van der Waals surface area contributed by atoms with Crippen LogP contribution in [0.1, 0.15) is 52.9 Å². The lowest BCUT2D eigenvalue weighted by molar-refractivity contribution is -0.138. The lowest BCUT2D eigenvalue weighted by Crippen LogP contribution is -2.45. The number of halogens is 2. The van der Waals surface area contributed by atoms with Crippen LogP contribution in [0.2, 0.25) is 0 Å². The molecule has 0 atom stereocenters. The Kier molecular flexibility index (Phi) is 5.71. The summed E-state index contributed by atoms with van der Waals surface area (Å²) in [5.74, 6) is -2.46. The lowest BCUT2D eigenvalue weighted by Gasteiger charge is -2.35. The van der Waals surface area contributed by atoms with Crippen molar-refractivity contribution in [1.29, 1.82) is 0 Å². The maximum Gasteiger partial charge on any atom is 0.410 e. The summed E-state index contributed by atoms with van der Waals surface area (Å²) in [5, 5.41) is 0. The number of hydrogen-bond donors (Lipinski definition) is 0. The summed E-state index contributed by atoms with van der Waals surface area (Å²) in [7, 11) is 0. The van der Waals surface area contributed by atoms with Crippen LogP contribution in [-0.4, -0.2) is 59.5 Å². The molecule has 0 aromatic carbocycles. The van der Waals surface area contributed by atoms with Gasteiger partial charge in [0.1, 0.15) is 5.60 Å². The molecule has 0 N–H and O–H groups in total. The molecular formula is C17H28F2N2O3. The number of hydrogen-bond acceptors (Lipinski definition) is 3. The smallest absolute Gasteiger partial charge is 0.410 e. The first-order valence-corrected chi connectivity index (χ1v) is 8.69. The number of rotatable bonds is 2. The van der Waals surface area contributed by atoms with Crippen molar-refractivity contribution in [1.82, 2.24) is 9.80 Å². The highest BCUT2D eigenvalue weighted by molar-refractivity contribution is 5.76. The molecule has 2 heterocycles. The first kappa shape index (κ1) is 18.9. The Morgan fingerprint density at radius 3 is 2.08 bits per heavy atom. The Morgan fingerprint density at radius 2 is 1.58 bits per heavy atom. The molecule has 0 radical (unpaired) electrons. The standard InChI is InChI=1S/C17H28F2N2O3/c1-16(2,3)24-15(23)21-8-4-13(5-9-21)12-14(22)20-10-6-17(18,19)7-11-20/h13H,4-12H2,1-3H3. The predicted molar refractivity (Wildman–Crippen MR) is 85.9 cm³/mol. The highest BCUT2D eigenvalue weighted by atomic mass is 19.3. The second-order valence-electron chi connectivity index (χ2n) is 7.85. The van der Waals surface area contributed by atoms with Crippen molar-refractivity contribution >= 4 is 12.0 Å². The minimum Gasteiger partial charge on any atom is -0.444 e. The Hall–Kier alpha value is -1.40. The van der Waals surface area contributed by atoms with E-state index in [4.69, 9.17) is 4.74 Å². The van der Waals surface area contributed by atoms with Gasteiger partial charge in [0, 0.05) is 45.4 Å². The second kappa shape index (κ2) is 7.23. The predicted octanol–water partition coefficient (Wildman–Crippen LogP) is 3.28. The first-order valence-electron chi connectivity index (χ1n) is 8.69. The third-order valence-corrected chi connectivity index (χ3v) is 4.58. The van der Waals surface area contributed by atoms with Gasteiger partial charge in [0.2, 0.25) is 5.91 Å². The Morgan fingerprint density at radius 1 is 1.04 bits per heavy atom. The van der Waals surface area contributed by atoms with Gasteiger partial charge >= 0.3 is 6.09 Å². The summed E-state index contributed by atoms with van der Waals surface area (Å²) in [4.78, 5) is 27.5. The number of ether oxygens (including phenoxy) is 1. The van der Waals surface area contributed by atoms with Gasteiger partial charge in [-0.25, -0.2) is 13.6 Å². The molecule has 0 unspecified atom stereocenters. The number of alkyl halides is 2. The average Bonchev–Trinajstić information content (AvgIpc) is 2.46. The molecule has 0 aliphatic carbocycles. The van der Waals surface area contributed by atoms with Crippen LogP contribution in [0.5, 0.6) is 0 Å². The van der Waals surface area contributed by atoms with Crippen LogP contribution in [0.3, 0.4) is 0 Å². The zero-order valence-corrected chi connectivity index (χ0v) is 14.8. The van der Waals surface area contributed by atoms with Gasteiger partial charge < -0.3 is 14.5 Å². The normalized spacial score (nSPS) is 22.4. The molecule has 2 amide bonds. The van der Waals surface area contributed by atoms with E-state index in [1.165, 1.54) is 0 Å². The van der Waals surface area contributed by atoms with Crippen molar-refractivity contribution in [3.05, 3.63) is 0 Å². The van der Waals surface area contributed by atoms with E-state index in [0.717, 1.165) is 12.8 Å². The lowest BCUT2D eigenvalue weighted by atomic mass is 9.92. The van der Waals surface area contributed by atoms with Gasteiger partial charge in [-0.2, -0.15) is 0 Å². The Labute approximate surface area is 142 Å². The summed E-state index contributed by atoms with van der Waals surface area (Å²) in [5.41, 5.74) is -0.514. The molecular weight excluding hydrogens is 318 g/mol. The molecule has 0 bridgehead atoms. The fourth-order valence-corrected chi connectivity index (χ4v) is 3.11. The van der Waals surface area contributed by atoms with Crippen molar-refractivity contribution in [3.63, 3.8) is 0 Å². The van der Waals surface area contributed by atoms with Crippen LogP contribution in [0.15, 0.2) is 0 Å². The molecule has 0 spiro atoms. The van der Waals surface area contributed by atoms with Crippen molar-refractivity contribution in [2.24, 2.45) is 5.92 Å². The Balaban J connectivity index is 1.73. The van der Waals surface area contributed by atoms with Gasteiger partial charge in [-0.3, -0.25) is 4.79 Å².